The van der Waals surface area contributed by atoms with Crippen molar-refractivity contribution in [2.75, 3.05) is 4.90 Å². The minimum absolute atomic E-state index is 0.0803. The van der Waals surface area contributed by atoms with Crippen molar-refractivity contribution >= 4 is 17.1 Å². The van der Waals surface area contributed by atoms with Crippen LogP contribution >= 0.6 is 0 Å². The van der Waals surface area contributed by atoms with Gasteiger partial charge in [-0.15, -0.1) is 0 Å². The van der Waals surface area contributed by atoms with Crippen molar-refractivity contribution in [2.24, 2.45) is 0 Å². The minimum atomic E-state index is -0.0803. The summed E-state index contributed by atoms with van der Waals surface area (Å²) in [6.45, 7) is 4.76. The van der Waals surface area contributed by atoms with Gasteiger partial charge in [-0.25, -0.2) is 0 Å². The summed E-state index contributed by atoms with van der Waals surface area (Å²) in [6, 6.07) is 61.3. The van der Waals surface area contributed by atoms with Gasteiger partial charge in [-0.05, 0) is 116 Å². The monoisotopic (exact) mass is 669 g/mol. The Hall–Kier alpha value is -5.66. The molecule has 1 spiro atoms. The Kier molecular flexibility index (Phi) is 7.15. The van der Waals surface area contributed by atoms with E-state index >= 15 is 0 Å². The zero-order chi connectivity index (χ0) is 34.9. The molecule has 1 heteroatoms. The number of anilines is 3. The molecule has 0 aromatic heterocycles. The molecule has 0 heterocycles. The Balaban J connectivity index is 1.07. The van der Waals surface area contributed by atoms with Crippen LogP contribution in [0.25, 0.3) is 44.5 Å². The van der Waals surface area contributed by atoms with E-state index in [0.29, 0.717) is 0 Å². The maximum Gasteiger partial charge on any atom is 0.0465 e. The third kappa shape index (κ3) is 4.61. The lowest BCUT2D eigenvalue weighted by atomic mass is 9.68. The second-order valence-electron chi connectivity index (χ2n) is 15.6. The molecule has 0 atom stereocenters. The average Bonchev–Trinajstić information content (AvgIpc) is 3.60. The van der Waals surface area contributed by atoms with Gasteiger partial charge in [0, 0.05) is 27.9 Å². The lowest BCUT2D eigenvalue weighted by Crippen LogP contribution is -2.28. The molecule has 52 heavy (non-hydrogen) atoms. The van der Waals surface area contributed by atoms with E-state index in [2.05, 4.69) is 183 Å². The summed E-state index contributed by atoms with van der Waals surface area (Å²) >= 11 is 0. The molecule has 0 radical (unpaired) electrons. The standard InChI is InChI=1S/C51H43N/c1-50(2)46-24-11-9-21-42(46)45-23-15-22-44(49(45)50)40-19-8-7-18-39(40)35-26-28-37(29-27-35)52(36-16-5-3-6-17-36)38-30-31-43-41-20-10-12-25-47(41)51(48(43)34-38)32-13-4-14-33-51/h3,5-12,15-31,34H,4,13-14,32-33H2,1-2H3. The first-order valence-corrected chi connectivity index (χ1v) is 19.1. The third-order valence-electron chi connectivity index (χ3n) is 12.5. The quantitative estimate of drug-likeness (QED) is 0.176. The van der Waals surface area contributed by atoms with Crippen molar-refractivity contribution in [2.45, 2.75) is 56.8 Å². The van der Waals surface area contributed by atoms with Crippen LogP contribution in [0.3, 0.4) is 0 Å². The van der Waals surface area contributed by atoms with Crippen LogP contribution in [-0.2, 0) is 10.8 Å². The number of rotatable bonds is 5. The largest absolute Gasteiger partial charge is 0.310 e. The number of hydrogen-bond donors (Lipinski definition) is 0. The van der Waals surface area contributed by atoms with Gasteiger partial charge in [-0.3, -0.25) is 0 Å². The number of benzene rings is 7. The van der Waals surface area contributed by atoms with Gasteiger partial charge in [0.15, 0.2) is 0 Å². The van der Waals surface area contributed by atoms with Gasteiger partial charge >= 0.3 is 0 Å². The van der Waals surface area contributed by atoms with Crippen molar-refractivity contribution < 1.29 is 0 Å². The third-order valence-corrected chi connectivity index (χ3v) is 12.5. The first kappa shape index (κ1) is 31.1. The van der Waals surface area contributed by atoms with E-state index in [0.717, 1.165) is 5.69 Å². The second-order valence-corrected chi connectivity index (χ2v) is 15.6. The highest BCUT2D eigenvalue weighted by atomic mass is 15.1. The van der Waals surface area contributed by atoms with Gasteiger partial charge in [0.1, 0.15) is 0 Å². The summed E-state index contributed by atoms with van der Waals surface area (Å²) in [4.78, 5) is 2.44. The van der Waals surface area contributed by atoms with Crippen LogP contribution in [0.5, 0.6) is 0 Å². The van der Waals surface area contributed by atoms with Gasteiger partial charge in [0.05, 0.1) is 0 Å². The molecule has 252 valence electrons. The number of fused-ring (bicyclic) bond motifs is 8. The molecule has 7 aromatic rings. The lowest BCUT2D eigenvalue weighted by Gasteiger charge is -2.36. The van der Waals surface area contributed by atoms with Crippen molar-refractivity contribution in [3.8, 4) is 44.5 Å². The average molecular weight is 670 g/mol. The molecule has 0 aliphatic heterocycles. The molecule has 7 aromatic carbocycles. The molecule has 0 saturated heterocycles. The van der Waals surface area contributed by atoms with E-state index in [1.54, 1.807) is 0 Å². The summed E-state index contributed by atoms with van der Waals surface area (Å²) < 4.78 is 0. The van der Waals surface area contributed by atoms with Gasteiger partial charge in [0.2, 0.25) is 0 Å². The molecule has 0 amide bonds. The van der Waals surface area contributed by atoms with Gasteiger partial charge in [-0.2, -0.15) is 0 Å². The van der Waals surface area contributed by atoms with E-state index in [4.69, 9.17) is 0 Å². The molecular formula is C51H43N. The fraction of sp³-hybridized carbons (Fsp3) is 0.176. The maximum absolute atomic E-state index is 2.52. The topological polar surface area (TPSA) is 3.24 Å². The predicted molar refractivity (Wildman–Crippen MR) is 219 cm³/mol. The Morgan fingerprint density at radius 1 is 0.385 bits per heavy atom. The summed E-state index contributed by atoms with van der Waals surface area (Å²) in [6.07, 6.45) is 6.38. The van der Waals surface area contributed by atoms with Crippen LogP contribution in [0.2, 0.25) is 0 Å². The molecule has 0 unspecified atom stereocenters. The number of nitrogens with zero attached hydrogens (tertiary/aromatic N) is 1. The summed E-state index contributed by atoms with van der Waals surface area (Å²) in [7, 11) is 0. The zero-order valence-electron chi connectivity index (χ0n) is 30.1. The molecule has 3 aliphatic rings. The Morgan fingerprint density at radius 3 is 1.63 bits per heavy atom. The molecule has 3 aliphatic carbocycles. The van der Waals surface area contributed by atoms with Crippen molar-refractivity contribution in [3.63, 3.8) is 0 Å². The highest BCUT2D eigenvalue weighted by Gasteiger charge is 2.44. The smallest absolute Gasteiger partial charge is 0.0465 e. The summed E-state index contributed by atoms with van der Waals surface area (Å²) in [5.74, 6) is 0. The van der Waals surface area contributed by atoms with Crippen LogP contribution in [0.4, 0.5) is 17.1 Å². The van der Waals surface area contributed by atoms with Crippen LogP contribution < -0.4 is 4.90 Å². The Labute approximate surface area is 308 Å². The van der Waals surface area contributed by atoms with Crippen molar-refractivity contribution in [1.82, 2.24) is 0 Å². The highest BCUT2D eigenvalue weighted by molar-refractivity contribution is 5.93. The van der Waals surface area contributed by atoms with Gasteiger partial charge in [0.25, 0.3) is 0 Å². The SMILES string of the molecule is CC1(C)c2ccccc2-c2cccc(-c3ccccc3-c3ccc(N(c4ccccc4)c4ccc5c(c4)C4(CCCCC4)c4ccccc4-5)cc3)c21. The molecule has 1 fully saturated rings. The summed E-state index contributed by atoms with van der Waals surface area (Å²) in [5.41, 5.74) is 20.1. The van der Waals surface area contributed by atoms with Crippen LogP contribution in [-0.4, -0.2) is 0 Å². The minimum Gasteiger partial charge on any atom is -0.310 e. The number of para-hydroxylation sites is 1. The van der Waals surface area contributed by atoms with E-state index in [1.165, 1.54) is 110 Å². The molecule has 0 bridgehead atoms. The fourth-order valence-corrected chi connectivity index (χ4v) is 10.1. The normalized spacial score (nSPS) is 15.8. The van der Waals surface area contributed by atoms with Crippen LogP contribution in [0.1, 0.15) is 68.2 Å². The summed E-state index contributed by atoms with van der Waals surface area (Å²) in [5, 5.41) is 0. The first-order valence-electron chi connectivity index (χ1n) is 19.1. The Morgan fingerprint density at radius 2 is 0.904 bits per heavy atom. The molecule has 10 rings (SSSR count). The Bertz CT molecular complexity index is 2460. The van der Waals surface area contributed by atoms with Crippen molar-refractivity contribution in [3.05, 3.63) is 186 Å². The molecule has 1 nitrogen and oxygen atoms in total. The van der Waals surface area contributed by atoms with Crippen LogP contribution in [0.15, 0.2) is 164 Å². The van der Waals surface area contributed by atoms with E-state index < -0.39 is 0 Å². The van der Waals surface area contributed by atoms with Crippen LogP contribution in [0, 0.1) is 0 Å². The van der Waals surface area contributed by atoms with Gasteiger partial charge in [-0.1, -0.05) is 161 Å². The highest BCUT2D eigenvalue weighted by Crippen LogP contribution is 2.57. The molecule has 0 N–H and O–H groups in total. The first-order chi connectivity index (χ1) is 25.5. The second kappa shape index (κ2) is 12.0. The van der Waals surface area contributed by atoms with Gasteiger partial charge < -0.3 is 4.90 Å². The maximum atomic E-state index is 2.52. The number of hydrogen-bond acceptors (Lipinski definition) is 1. The fourth-order valence-electron chi connectivity index (χ4n) is 10.1. The van der Waals surface area contributed by atoms with E-state index in [1.807, 2.05) is 0 Å². The zero-order valence-corrected chi connectivity index (χ0v) is 30.1. The van der Waals surface area contributed by atoms with Crippen molar-refractivity contribution in [1.29, 1.82) is 0 Å². The lowest BCUT2D eigenvalue weighted by molar-refractivity contribution is 0.353. The molecule has 1 saturated carbocycles. The van der Waals surface area contributed by atoms with E-state index in [9.17, 15) is 0 Å². The van der Waals surface area contributed by atoms with E-state index in [-0.39, 0.29) is 10.8 Å². The predicted octanol–water partition coefficient (Wildman–Crippen LogP) is 14.0. The molecular weight excluding hydrogens is 627 g/mol.